The molecule has 3 aliphatic heterocycles. The molecular weight excluding hydrogens is 441 g/mol. The van der Waals surface area contributed by atoms with E-state index in [1.165, 1.54) is 71.1 Å². The number of aliphatic imine (C=N–C) groups is 1. The van der Waals surface area contributed by atoms with Crippen LogP contribution in [0.1, 0.15) is 44.9 Å². The first-order valence-corrected chi connectivity index (χ1v) is 10.4. The van der Waals surface area contributed by atoms with Crippen molar-refractivity contribution in [2.24, 2.45) is 4.99 Å². The third kappa shape index (κ3) is 7.13. The quantitative estimate of drug-likeness (QED) is 0.264. The number of hydrogen-bond acceptors (Lipinski definition) is 4. The lowest BCUT2D eigenvalue weighted by molar-refractivity contribution is -0.0453. The molecule has 0 aromatic carbocycles. The molecule has 152 valence electrons. The predicted octanol–water partition coefficient (Wildman–Crippen LogP) is 1.90. The molecule has 3 heterocycles. The van der Waals surface area contributed by atoms with Crippen molar-refractivity contribution in [3.63, 3.8) is 0 Å². The van der Waals surface area contributed by atoms with Gasteiger partial charge in [0.1, 0.15) is 0 Å². The van der Waals surface area contributed by atoms with Crippen molar-refractivity contribution in [1.29, 1.82) is 0 Å². The minimum absolute atomic E-state index is 0. The van der Waals surface area contributed by atoms with Crippen molar-refractivity contribution in [2.45, 2.75) is 57.1 Å². The zero-order valence-corrected chi connectivity index (χ0v) is 18.7. The molecule has 0 radical (unpaired) electrons. The van der Waals surface area contributed by atoms with Gasteiger partial charge in [0.15, 0.2) is 5.96 Å². The molecule has 0 aromatic rings. The highest BCUT2D eigenvalue weighted by atomic mass is 127. The van der Waals surface area contributed by atoms with Crippen LogP contribution in [0.2, 0.25) is 0 Å². The maximum absolute atomic E-state index is 6.01. The molecule has 0 amide bonds. The highest BCUT2D eigenvalue weighted by Gasteiger charge is 2.32. The fraction of sp³-hybridized carbons (Fsp3) is 0.947. The van der Waals surface area contributed by atoms with Crippen LogP contribution >= 0.6 is 24.0 Å². The second-order valence-corrected chi connectivity index (χ2v) is 7.74. The Hall–Kier alpha value is -0.120. The third-order valence-electron chi connectivity index (χ3n) is 5.82. The number of nitrogens with one attached hydrogen (secondary N) is 2. The highest BCUT2D eigenvalue weighted by molar-refractivity contribution is 14.0. The minimum atomic E-state index is 0. The van der Waals surface area contributed by atoms with Crippen molar-refractivity contribution in [2.75, 3.05) is 59.5 Å². The Morgan fingerprint density at radius 3 is 2.65 bits per heavy atom. The van der Waals surface area contributed by atoms with E-state index < -0.39 is 0 Å². The molecule has 7 heteroatoms. The minimum Gasteiger partial charge on any atom is -0.373 e. The number of ether oxygens (including phenoxy) is 1. The monoisotopic (exact) mass is 479 g/mol. The van der Waals surface area contributed by atoms with Gasteiger partial charge in [0, 0.05) is 32.7 Å². The Balaban J connectivity index is 0.00000243. The molecule has 0 aromatic heterocycles. The van der Waals surface area contributed by atoms with Crippen LogP contribution in [0, 0.1) is 0 Å². The van der Waals surface area contributed by atoms with E-state index in [1.807, 2.05) is 7.05 Å². The summed E-state index contributed by atoms with van der Waals surface area (Å²) in [5, 5.41) is 6.89. The normalized spacial score (nSPS) is 28.1. The van der Waals surface area contributed by atoms with Crippen LogP contribution in [-0.2, 0) is 4.74 Å². The topological polar surface area (TPSA) is 52.1 Å². The molecule has 0 spiro atoms. The van der Waals surface area contributed by atoms with Crippen LogP contribution in [-0.4, -0.2) is 87.4 Å². The number of halogens is 1. The Bertz CT molecular complexity index is 415. The average molecular weight is 479 g/mol. The second-order valence-electron chi connectivity index (χ2n) is 7.74. The number of morpholine rings is 1. The van der Waals surface area contributed by atoms with Gasteiger partial charge in [-0.15, -0.1) is 24.0 Å². The molecule has 0 bridgehead atoms. The molecule has 0 aliphatic carbocycles. The van der Waals surface area contributed by atoms with Crippen molar-refractivity contribution in [3.05, 3.63) is 0 Å². The molecule has 3 rings (SSSR count). The first-order chi connectivity index (χ1) is 12.3. The maximum atomic E-state index is 6.01. The van der Waals surface area contributed by atoms with Crippen LogP contribution in [0.5, 0.6) is 0 Å². The highest BCUT2D eigenvalue weighted by Crippen LogP contribution is 2.22. The Morgan fingerprint density at radius 1 is 1.08 bits per heavy atom. The summed E-state index contributed by atoms with van der Waals surface area (Å²) in [6, 6.07) is 0.674. The van der Waals surface area contributed by atoms with Gasteiger partial charge in [0.05, 0.1) is 12.7 Å². The molecule has 0 saturated carbocycles. The molecule has 6 nitrogen and oxygen atoms in total. The molecule has 2 atom stereocenters. The van der Waals surface area contributed by atoms with Crippen molar-refractivity contribution < 1.29 is 4.74 Å². The molecule has 26 heavy (non-hydrogen) atoms. The van der Waals surface area contributed by atoms with E-state index in [-0.39, 0.29) is 30.1 Å². The summed E-state index contributed by atoms with van der Waals surface area (Å²) in [6.07, 6.45) is 9.65. The van der Waals surface area contributed by atoms with Gasteiger partial charge in [-0.05, 0) is 58.3 Å². The number of guanidine groups is 1. The summed E-state index contributed by atoms with van der Waals surface area (Å²) in [7, 11) is 1.85. The van der Waals surface area contributed by atoms with E-state index in [0.717, 1.165) is 32.2 Å². The summed E-state index contributed by atoms with van der Waals surface area (Å²) in [4.78, 5) is 9.56. The summed E-state index contributed by atoms with van der Waals surface area (Å²) in [6.45, 7) is 8.79. The van der Waals surface area contributed by atoms with Gasteiger partial charge in [-0.3, -0.25) is 9.89 Å². The smallest absolute Gasteiger partial charge is 0.191 e. The number of likely N-dealkylation sites (tertiary alicyclic amines) is 1. The van der Waals surface area contributed by atoms with Gasteiger partial charge in [-0.1, -0.05) is 12.8 Å². The van der Waals surface area contributed by atoms with E-state index in [0.29, 0.717) is 6.04 Å². The number of nitrogens with zero attached hydrogens (tertiary/aromatic N) is 3. The summed E-state index contributed by atoms with van der Waals surface area (Å²) in [5.74, 6) is 0.906. The second kappa shape index (κ2) is 12.4. The number of hydrogen-bond donors (Lipinski definition) is 2. The zero-order valence-electron chi connectivity index (χ0n) is 16.4. The molecule has 2 N–H and O–H groups in total. The van der Waals surface area contributed by atoms with Crippen molar-refractivity contribution in [1.82, 2.24) is 20.4 Å². The lowest BCUT2D eigenvalue weighted by Gasteiger charge is -2.35. The molecule has 3 aliphatic rings. The van der Waals surface area contributed by atoms with Gasteiger partial charge < -0.3 is 20.3 Å². The van der Waals surface area contributed by atoms with Gasteiger partial charge in [-0.2, -0.15) is 0 Å². The fourth-order valence-electron chi connectivity index (χ4n) is 4.31. The maximum Gasteiger partial charge on any atom is 0.191 e. The molecule has 3 fully saturated rings. The number of rotatable bonds is 6. The Labute approximate surface area is 176 Å². The lowest BCUT2D eigenvalue weighted by Crippen LogP contribution is -2.51. The van der Waals surface area contributed by atoms with Gasteiger partial charge in [0.2, 0.25) is 0 Å². The molecule has 2 unspecified atom stereocenters. The third-order valence-corrected chi connectivity index (χ3v) is 5.82. The van der Waals surface area contributed by atoms with Crippen molar-refractivity contribution >= 4 is 29.9 Å². The first-order valence-electron chi connectivity index (χ1n) is 10.4. The summed E-state index contributed by atoms with van der Waals surface area (Å²) < 4.78 is 6.01. The van der Waals surface area contributed by atoms with E-state index >= 15 is 0 Å². The average Bonchev–Trinajstić information content (AvgIpc) is 2.95. The van der Waals surface area contributed by atoms with Crippen LogP contribution in [0.15, 0.2) is 4.99 Å². The Morgan fingerprint density at radius 2 is 1.88 bits per heavy atom. The van der Waals surface area contributed by atoms with E-state index in [1.54, 1.807) is 0 Å². The van der Waals surface area contributed by atoms with Gasteiger partial charge in [-0.25, -0.2) is 0 Å². The van der Waals surface area contributed by atoms with Crippen LogP contribution < -0.4 is 10.6 Å². The van der Waals surface area contributed by atoms with Crippen LogP contribution in [0.3, 0.4) is 0 Å². The summed E-state index contributed by atoms with van der Waals surface area (Å²) in [5.41, 5.74) is 0. The largest absolute Gasteiger partial charge is 0.373 e. The fourth-order valence-corrected chi connectivity index (χ4v) is 4.31. The zero-order chi connectivity index (χ0) is 17.3. The van der Waals surface area contributed by atoms with E-state index in [2.05, 4.69) is 25.4 Å². The van der Waals surface area contributed by atoms with Crippen LogP contribution in [0.4, 0.5) is 0 Å². The lowest BCUT2D eigenvalue weighted by atomic mass is 10.2. The van der Waals surface area contributed by atoms with Gasteiger partial charge >= 0.3 is 0 Å². The standard InChI is InChI=1S/C19H37N5O.HI/c1-20-19(21-9-7-12-23-10-4-2-3-5-11-23)22-14-18-15-24-13-6-8-17(24)16-25-18;/h17-18H,2-16H2,1H3,(H2,20,21,22);1H. The number of fused-ring (bicyclic) bond motifs is 1. The summed E-state index contributed by atoms with van der Waals surface area (Å²) >= 11 is 0. The van der Waals surface area contributed by atoms with Crippen molar-refractivity contribution in [3.8, 4) is 0 Å². The SMILES string of the molecule is CN=C(NCCCN1CCCCCC1)NCC1CN2CCCC2CO1.I. The van der Waals surface area contributed by atoms with E-state index in [9.17, 15) is 0 Å². The molecular formula is C19H38IN5O. The van der Waals surface area contributed by atoms with Gasteiger partial charge in [0.25, 0.3) is 0 Å². The Kier molecular flexibility index (Phi) is 10.5. The predicted molar refractivity (Wildman–Crippen MR) is 119 cm³/mol. The molecule has 3 saturated heterocycles. The van der Waals surface area contributed by atoms with Crippen LogP contribution in [0.25, 0.3) is 0 Å². The van der Waals surface area contributed by atoms with E-state index in [4.69, 9.17) is 4.74 Å². The first kappa shape index (κ1) is 22.2.